The van der Waals surface area contributed by atoms with E-state index in [-0.39, 0.29) is 11.3 Å². The van der Waals surface area contributed by atoms with Crippen LogP contribution < -0.4 is 4.74 Å². The fraction of sp³-hybridized carbons (Fsp3) is 0.652. The van der Waals surface area contributed by atoms with Crippen LogP contribution >= 0.6 is 15.9 Å². The Morgan fingerprint density at radius 3 is 2.07 bits per heavy atom. The lowest BCUT2D eigenvalue weighted by molar-refractivity contribution is -0.159. The molecule has 1 heterocycles. The summed E-state index contributed by atoms with van der Waals surface area (Å²) in [6.45, 7) is 2.49. The molecule has 1 aromatic carbocycles. The van der Waals surface area contributed by atoms with E-state index in [1.165, 1.54) is 19.3 Å². The van der Waals surface area contributed by atoms with Crippen LogP contribution in [0.3, 0.4) is 0 Å². The summed E-state index contributed by atoms with van der Waals surface area (Å²) in [4.78, 5) is 30.5. The summed E-state index contributed by atoms with van der Waals surface area (Å²) in [7, 11) is 1.60. The van der Waals surface area contributed by atoms with Crippen molar-refractivity contribution < 1.29 is 14.3 Å². The van der Waals surface area contributed by atoms with Crippen molar-refractivity contribution in [3.8, 4) is 5.75 Å². The smallest absolute Gasteiger partial charge is 0.255 e. The number of benzene rings is 1. The molecule has 1 aromatic rings. The van der Waals surface area contributed by atoms with E-state index in [4.69, 9.17) is 4.74 Å². The number of piperazine rings is 1. The summed E-state index contributed by atoms with van der Waals surface area (Å²) < 4.78 is 6.04. The van der Waals surface area contributed by atoms with E-state index in [0.717, 1.165) is 41.5 Å². The standard InChI is InChI=1S/C23H29BrN2O3/c1-29-18-2-3-20(24)19(11-18)21(27)25-4-6-26(7-5-25)22(28)23-12-15-8-16(13-23)10-17(9-15)14-23/h2-3,11,15-17H,4-10,12-14H2,1H3. The molecule has 1 saturated heterocycles. The highest BCUT2D eigenvalue weighted by molar-refractivity contribution is 9.10. The van der Waals surface area contributed by atoms with E-state index in [1.807, 2.05) is 17.0 Å². The van der Waals surface area contributed by atoms with Gasteiger partial charge in [-0.15, -0.1) is 0 Å². The fourth-order valence-electron chi connectivity index (χ4n) is 6.79. The molecule has 0 aromatic heterocycles. The zero-order valence-corrected chi connectivity index (χ0v) is 18.6. The SMILES string of the molecule is COc1ccc(Br)c(C(=O)N2CCN(C(=O)C34CC5CC(CC(C5)C3)C4)CC2)c1. The van der Waals surface area contributed by atoms with Crippen LogP contribution in [0.25, 0.3) is 0 Å². The molecule has 4 aliphatic carbocycles. The van der Waals surface area contributed by atoms with Gasteiger partial charge in [-0.3, -0.25) is 9.59 Å². The Bertz CT molecular complexity index is 796. The molecule has 6 rings (SSSR count). The van der Waals surface area contributed by atoms with Gasteiger partial charge in [0.2, 0.25) is 5.91 Å². The van der Waals surface area contributed by atoms with Crippen molar-refractivity contribution in [2.75, 3.05) is 33.3 Å². The Morgan fingerprint density at radius 1 is 0.966 bits per heavy atom. The number of nitrogens with zero attached hydrogens (tertiary/aromatic N) is 2. The number of ether oxygens (including phenoxy) is 1. The highest BCUT2D eigenvalue weighted by Crippen LogP contribution is 2.60. The van der Waals surface area contributed by atoms with E-state index in [0.29, 0.717) is 43.4 Å². The van der Waals surface area contributed by atoms with E-state index >= 15 is 0 Å². The minimum absolute atomic E-state index is 0.00215. The summed E-state index contributed by atoms with van der Waals surface area (Å²) in [5.74, 6) is 3.38. The number of methoxy groups -OCH3 is 1. The second kappa shape index (κ2) is 7.29. The van der Waals surface area contributed by atoms with Gasteiger partial charge in [0, 0.05) is 30.7 Å². The molecule has 29 heavy (non-hydrogen) atoms. The second-order valence-electron chi connectivity index (χ2n) is 9.63. The van der Waals surface area contributed by atoms with Gasteiger partial charge < -0.3 is 14.5 Å². The Hall–Kier alpha value is -1.56. The minimum Gasteiger partial charge on any atom is -0.497 e. The van der Waals surface area contributed by atoms with Crippen molar-refractivity contribution >= 4 is 27.7 Å². The van der Waals surface area contributed by atoms with E-state index in [9.17, 15) is 9.59 Å². The predicted octanol–water partition coefficient (Wildman–Crippen LogP) is 3.96. The molecule has 5 nitrogen and oxygen atoms in total. The van der Waals surface area contributed by atoms with Crippen molar-refractivity contribution in [2.24, 2.45) is 23.2 Å². The van der Waals surface area contributed by atoms with Crippen molar-refractivity contribution in [1.29, 1.82) is 0 Å². The number of carbonyl (C=O) groups excluding carboxylic acids is 2. The first-order valence-electron chi connectivity index (χ1n) is 10.9. The van der Waals surface area contributed by atoms with Crippen molar-refractivity contribution in [3.63, 3.8) is 0 Å². The van der Waals surface area contributed by atoms with Gasteiger partial charge in [0.15, 0.2) is 0 Å². The third kappa shape index (κ3) is 3.37. The molecule has 4 saturated carbocycles. The van der Waals surface area contributed by atoms with Gasteiger partial charge in [0.25, 0.3) is 5.91 Å². The van der Waals surface area contributed by atoms with E-state index in [2.05, 4.69) is 20.8 Å². The third-order valence-electron chi connectivity index (χ3n) is 7.75. The van der Waals surface area contributed by atoms with Crippen LogP contribution in [-0.4, -0.2) is 54.9 Å². The maximum absolute atomic E-state index is 13.5. The molecule has 0 atom stereocenters. The van der Waals surface area contributed by atoms with Crippen molar-refractivity contribution in [3.05, 3.63) is 28.2 Å². The molecule has 0 radical (unpaired) electrons. The lowest BCUT2D eigenvalue weighted by Crippen LogP contribution is -2.58. The normalized spacial score (nSPS) is 33.1. The number of carbonyl (C=O) groups is 2. The number of hydrogen-bond acceptors (Lipinski definition) is 3. The maximum atomic E-state index is 13.5. The van der Waals surface area contributed by atoms with Gasteiger partial charge in [-0.1, -0.05) is 0 Å². The van der Waals surface area contributed by atoms with Crippen LogP contribution in [-0.2, 0) is 4.79 Å². The topological polar surface area (TPSA) is 49.9 Å². The van der Waals surface area contributed by atoms with Gasteiger partial charge in [-0.2, -0.15) is 0 Å². The summed E-state index contributed by atoms with van der Waals surface area (Å²) in [6, 6.07) is 5.46. The van der Waals surface area contributed by atoms with Crippen LogP contribution in [0.15, 0.2) is 22.7 Å². The summed E-state index contributed by atoms with van der Waals surface area (Å²) in [5, 5.41) is 0. The Kier molecular flexibility index (Phi) is 4.88. The fourth-order valence-corrected chi connectivity index (χ4v) is 7.20. The van der Waals surface area contributed by atoms with E-state index < -0.39 is 0 Å². The summed E-state index contributed by atoms with van der Waals surface area (Å²) >= 11 is 3.48. The lowest BCUT2D eigenvalue weighted by atomic mass is 9.49. The number of hydrogen-bond donors (Lipinski definition) is 0. The third-order valence-corrected chi connectivity index (χ3v) is 8.44. The molecule has 0 unspecified atom stereocenters. The maximum Gasteiger partial charge on any atom is 0.255 e. The highest BCUT2D eigenvalue weighted by atomic mass is 79.9. The quantitative estimate of drug-likeness (QED) is 0.685. The molecule has 5 aliphatic rings. The van der Waals surface area contributed by atoms with Crippen LogP contribution in [0, 0.1) is 23.2 Å². The summed E-state index contributed by atoms with van der Waals surface area (Å²) in [6.07, 6.45) is 7.37. The minimum atomic E-state index is -0.0866. The van der Waals surface area contributed by atoms with Crippen LogP contribution in [0.5, 0.6) is 5.75 Å². The van der Waals surface area contributed by atoms with E-state index in [1.54, 1.807) is 13.2 Å². The zero-order chi connectivity index (χ0) is 20.2. The largest absolute Gasteiger partial charge is 0.497 e. The first kappa shape index (κ1) is 19.4. The molecule has 156 valence electrons. The van der Waals surface area contributed by atoms with Crippen molar-refractivity contribution in [1.82, 2.24) is 9.80 Å². The molecule has 1 aliphatic heterocycles. The van der Waals surface area contributed by atoms with Gasteiger partial charge in [-0.05, 0) is 90.4 Å². The molecular formula is C23H29BrN2O3. The predicted molar refractivity (Wildman–Crippen MR) is 114 cm³/mol. The average molecular weight is 461 g/mol. The second-order valence-corrected chi connectivity index (χ2v) is 10.5. The molecule has 4 bridgehead atoms. The first-order valence-corrected chi connectivity index (χ1v) is 11.7. The molecule has 6 heteroatoms. The highest BCUT2D eigenvalue weighted by Gasteiger charge is 2.55. The zero-order valence-electron chi connectivity index (χ0n) is 17.0. The van der Waals surface area contributed by atoms with Gasteiger partial charge >= 0.3 is 0 Å². The van der Waals surface area contributed by atoms with Crippen LogP contribution in [0.1, 0.15) is 48.9 Å². The van der Waals surface area contributed by atoms with Gasteiger partial charge in [-0.25, -0.2) is 0 Å². The first-order chi connectivity index (χ1) is 14.0. The molecule has 0 N–H and O–H groups in total. The molecule has 5 fully saturated rings. The van der Waals surface area contributed by atoms with Crippen LogP contribution in [0.4, 0.5) is 0 Å². The molecular weight excluding hydrogens is 432 g/mol. The van der Waals surface area contributed by atoms with Crippen molar-refractivity contribution in [2.45, 2.75) is 38.5 Å². The summed E-state index contributed by atoms with van der Waals surface area (Å²) in [5.41, 5.74) is 0.529. The van der Waals surface area contributed by atoms with Gasteiger partial charge in [0.05, 0.1) is 18.1 Å². The Balaban J connectivity index is 1.25. The molecule has 0 spiro atoms. The number of rotatable bonds is 3. The van der Waals surface area contributed by atoms with Crippen LogP contribution in [0.2, 0.25) is 0 Å². The monoisotopic (exact) mass is 460 g/mol. The lowest BCUT2D eigenvalue weighted by Gasteiger charge is -2.57. The number of halogens is 1. The Morgan fingerprint density at radius 2 is 1.52 bits per heavy atom. The Labute approximate surface area is 180 Å². The number of amides is 2. The molecule has 2 amide bonds. The van der Waals surface area contributed by atoms with Gasteiger partial charge in [0.1, 0.15) is 5.75 Å². The average Bonchev–Trinajstić information content (AvgIpc) is 2.72.